The monoisotopic (exact) mass is 1100 g/mol. The standard InChI is InChI=1S/C55H88O22/c1-23-32(57)45(72-27(21-56)42(23)75-46-39(64)35(60)33(58)24(2)71-46)70-22-28-34(59)36(61)40(65)47(73-28)77-49(69)55-18-16-50(3,4)20-26(55)25-10-11-30-52(7)14-13-31(74-48-41(66)37(62)38(63)43(76-48)44(67)68)51(5,6)29(52)12-15-54(30,9)53(25,8)17-19-55/h10,23-24,26-43,45-48,56-66H,11-22H2,1-9H3,(H,67,68). The number of aliphatic hydroxyl groups excluding tert-OH is 11. The summed E-state index contributed by atoms with van der Waals surface area (Å²) in [6.45, 7) is 17.8. The van der Waals surface area contributed by atoms with Crippen molar-refractivity contribution >= 4 is 11.9 Å². The molecule has 22 nitrogen and oxygen atoms in total. The second-order valence-electron chi connectivity index (χ2n) is 26.7. The SMILES string of the molecule is CC1OC(OC2C(CO)OC(OCC3OC(OC(=O)C45CCC(C)(C)CC4C4=CCC6C7(C)CCC(OC8OC(C(=O)O)C(O)C(O)C8O)C(C)(C)C7CCC6(C)C4(C)CC5)C(O)C(O)C3O)C(O)C2C)C(O)C(O)C1O. The Balaban J connectivity index is 0.893. The maximum atomic E-state index is 15.2. The molecule has 9 aliphatic rings. The molecule has 0 aromatic carbocycles. The topological polar surface area (TPSA) is 351 Å². The molecule has 0 aromatic rings. The second-order valence-corrected chi connectivity index (χ2v) is 26.7. The Kier molecular flexibility index (Phi) is 16.5. The fraction of sp³-hybridized carbons (Fsp3) is 0.927. The zero-order chi connectivity index (χ0) is 56.4. The van der Waals surface area contributed by atoms with Gasteiger partial charge in [-0.3, -0.25) is 4.79 Å². The number of carbonyl (C=O) groups is 2. The maximum absolute atomic E-state index is 15.2. The first-order valence-corrected chi connectivity index (χ1v) is 28.0. The summed E-state index contributed by atoms with van der Waals surface area (Å²) < 4.78 is 47.6. The van der Waals surface area contributed by atoms with Gasteiger partial charge in [0.25, 0.3) is 0 Å². The second kappa shape index (κ2) is 21.3. The molecular weight excluding hydrogens is 1010 g/mol. The highest BCUT2D eigenvalue weighted by Gasteiger charge is 2.70. The van der Waals surface area contributed by atoms with Crippen LogP contribution in [0.3, 0.4) is 0 Å². The third-order valence-corrected chi connectivity index (χ3v) is 21.7. The van der Waals surface area contributed by atoms with Gasteiger partial charge < -0.3 is 99.2 Å². The van der Waals surface area contributed by atoms with E-state index in [9.17, 15) is 66.1 Å². The third kappa shape index (κ3) is 9.77. The number of carbonyl (C=O) groups excluding carboxylic acids is 1. The van der Waals surface area contributed by atoms with Crippen LogP contribution in [0.25, 0.3) is 0 Å². The smallest absolute Gasteiger partial charge is 0.335 e. The Morgan fingerprint density at radius 1 is 0.623 bits per heavy atom. The van der Waals surface area contributed by atoms with Crippen molar-refractivity contribution in [1.82, 2.24) is 0 Å². The zero-order valence-corrected chi connectivity index (χ0v) is 45.9. The summed E-state index contributed by atoms with van der Waals surface area (Å²) in [6, 6.07) is 0. The van der Waals surface area contributed by atoms with E-state index in [4.69, 9.17) is 37.9 Å². The lowest BCUT2D eigenvalue weighted by Crippen LogP contribution is -2.66. The molecule has 77 heavy (non-hydrogen) atoms. The Hall–Kier alpha value is -2.04. The van der Waals surface area contributed by atoms with Crippen LogP contribution in [0.4, 0.5) is 0 Å². The summed E-state index contributed by atoms with van der Waals surface area (Å²) in [6.07, 6.45) is -20.2. The van der Waals surface area contributed by atoms with Gasteiger partial charge in [0, 0.05) is 5.92 Å². The predicted octanol–water partition coefficient (Wildman–Crippen LogP) is 0.360. The van der Waals surface area contributed by atoms with Crippen LogP contribution in [-0.4, -0.2) is 209 Å². The molecule has 8 fully saturated rings. The molecule has 0 bridgehead atoms. The Bertz CT molecular complexity index is 2180. The molecule has 5 aliphatic carbocycles. The van der Waals surface area contributed by atoms with Crippen molar-refractivity contribution in [1.29, 1.82) is 0 Å². The first-order valence-electron chi connectivity index (χ1n) is 28.0. The number of hydrogen-bond acceptors (Lipinski definition) is 21. The van der Waals surface area contributed by atoms with E-state index >= 15 is 4.79 Å². The molecule has 0 radical (unpaired) electrons. The minimum absolute atomic E-state index is 0.130. The van der Waals surface area contributed by atoms with Gasteiger partial charge in [0.1, 0.15) is 73.2 Å². The number of aliphatic hydroxyl groups is 11. The van der Waals surface area contributed by atoms with Crippen LogP contribution in [0.15, 0.2) is 11.6 Å². The number of aliphatic carboxylic acids is 1. The van der Waals surface area contributed by atoms with E-state index in [1.807, 2.05) is 0 Å². The van der Waals surface area contributed by atoms with Gasteiger partial charge in [0.05, 0.1) is 36.9 Å². The summed E-state index contributed by atoms with van der Waals surface area (Å²) >= 11 is 0. The minimum atomic E-state index is -1.84. The average Bonchev–Trinajstić information content (AvgIpc) is 3.51. The first kappa shape index (κ1) is 59.6. The molecule has 4 aliphatic heterocycles. The van der Waals surface area contributed by atoms with E-state index in [0.717, 1.165) is 32.1 Å². The quantitative estimate of drug-likeness (QED) is 0.0755. The first-order chi connectivity index (χ1) is 35.9. The lowest BCUT2D eigenvalue weighted by molar-refractivity contribution is -0.354. The van der Waals surface area contributed by atoms with Crippen molar-refractivity contribution in [3.8, 4) is 0 Å². The van der Waals surface area contributed by atoms with E-state index in [-0.39, 0.29) is 39.4 Å². The molecule has 9 rings (SSSR count). The number of hydrogen-bond donors (Lipinski definition) is 12. The average molecular weight is 1100 g/mol. The normalized spacial score (nSPS) is 53.4. The maximum Gasteiger partial charge on any atom is 0.335 e. The van der Waals surface area contributed by atoms with Gasteiger partial charge in [-0.1, -0.05) is 67.0 Å². The number of ether oxygens (including phenoxy) is 8. The molecule has 22 heteroatoms. The molecule has 28 unspecified atom stereocenters. The van der Waals surface area contributed by atoms with Crippen molar-refractivity contribution in [2.45, 2.75) is 249 Å². The van der Waals surface area contributed by atoms with Gasteiger partial charge in [-0.15, -0.1) is 0 Å². The van der Waals surface area contributed by atoms with E-state index in [0.29, 0.717) is 32.1 Å². The molecule has 4 saturated heterocycles. The summed E-state index contributed by atoms with van der Waals surface area (Å²) in [5.74, 6) is -2.72. The van der Waals surface area contributed by atoms with Crippen molar-refractivity contribution in [3.63, 3.8) is 0 Å². The fourth-order valence-corrected chi connectivity index (χ4v) is 16.6. The van der Waals surface area contributed by atoms with Gasteiger partial charge >= 0.3 is 11.9 Å². The third-order valence-electron chi connectivity index (χ3n) is 21.7. The molecule has 0 aromatic heterocycles. The van der Waals surface area contributed by atoms with Gasteiger partial charge in [-0.05, 0) is 116 Å². The summed E-state index contributed by atoms with van der Waals surface area (Å²) in [4.78, 5) is 27.1. The molecule has 0 amide bonds. The minimum Gasteiger partial charge on any atom is -0.479 e. The van der Waals surface area contributed by atoms with Gasteiger partial charge in [-0.2, -0.15) is 0 Å². The highest BCUT2D eigenvalue weighted by molar-refractivity contribution is 5.79. The van der Waals surface area contributed by atoms with Crippen LogP contribution in [-0.2, 0) is 47.5 Å². The van der Waals surface area contributed by atoms with Crippen molar-refractivity contribution in [2.75, 3.05) is 13.2 Å². The summed E-state index contributed by atoms with van der Waals surface area (Å²) in [5.41, 5.74) is -1.07. The highest BCUT2D eigenvalue weighted by atomic mass is 16.8. The fourth-order valence-electron chi connectivity index (χ4n) is 16.6. The van der Waals surface area contributed by atoms with E-state index in [2.05, 4.69) is 54.5 Å². The lowest BCUT2D eigenvalue weighted by Gasteiger charge is -2.71. The molecule has 28 atom stereocenters. The largest absolute Gasteiger partial charge is 0.479 e. The number of carboxylic acids is 1. The molecular formula is C55H88O22. The zero-order valence-electron chi connectivity index (χ0n) is 45.9. The highest BCUT2D eigenvalue weighted by Crippen LogP contribution is 2.76. The Morgan fingerprint density at radius 3 is 1.90 bits per heavy atom. The predicted molar refractivity (Wildman–Crippen MR) is 265 cm³/mol. The van der Waals surface area contributed by atoms with Crippen LogP contribution in [0.5, 0.6) is 0 Å². The Labute approximate surface area is 449 Å². The number of rotatable bonds is 11. The van der Waals surface area contributed by atoms with Gasteiger partial charge in [0.15, 0.2) is 25.0 Å². The van der Waals surface area contributed by atoms with E-state index in [1.165, 1.54) is 12.5 Å². The van der Waals surface area contributed by atoms with Gasteiger partial charge in [-0.25, -0.2) is 4.79 Å². The Morgan fingerprint density at radius 2 is 1.23 bits per heavy atom. The van der Waals surface area contributed by atoms with Crippen LogP contribution in [0.1, 0.15) is 127 Å². The van der Waals surface area contributed by atoms with Crippen LogP contribution in [0, 0.1) is 56.2 Å². The molecule has 0 spiro atoms. The van der Waals surface area contributed by atoms with Gasteiger partial charge in [0.2, 0.25) is 6.29 Å². The molecule has 4 saturated carbocycles. The summed E-state index contributed by atoms with van der Waals surface area (Å²) in [5, 5.41) is 128. The van der Waals surface area contributed by atoms with Crippen molar-refractivity contribution in [2.24, 2.45) is 56.2 Å². The molecule has 4 heterocycles. The van der Waals surface area contributed by atoms with E-state index in [1.54, 1.807) is 6.92 Å². The van der Waals surface area contributed by atoms with Crippen LogP contribution < -0.4 is 0 Å². The number of fused-ring (bicyclic) bond motifs is 7. The van der Waals surface area contributed by atoms with Crippen LogP contribution >= 0.6 is 0 Å². The number of esters is 1. The molecule has 440 valence electrons. The van der Waals surface area contributed by atoms with E-state index < -0.39 is 165 Å². The summed E-state index contributed by atoms with van der Waals surface area (Å²) in [7, 11) is 0. The van der Waals surface area contributed by atoms with Crippen LogP contribution in [0.2, 0.25) is 0 Å². The number of carboxylic acid groups (broad SMARTS) is 1. The van der Waals surface area contributed by atoms with Crippen molar-refractivity contribution < 1.29 is 109 Å². The lowest BCUT2D eigenvalue weighted by atomic mass is 9.33. The number of allylic oxidation sites excluding steroid dienone is 2. The molecule has 12 N–H and O–H groups in total. The van der Waals surface area contributed by atoms with Crippen molar-refractivity contribution in [3.05, 3.63) is 11.6 Å².